The monoisotopic (exact) mass is 377 g/mol. The molecule has 0 bridgehead atoms. The predicted molar refractivity (Wildman–Crippen MR) is 91.9 cm³/mol. The Morgan fingerprint density at radius 1 is 1.04 bits per heavy atom. The summed E-state index contributed by atoms with van der Waals surface area (Å²) < 4.78 is 39.3. The fourth-order valence-corrected chi connectivity index (χ4v) is 2.50. The first kappa shape index (κ1) is 17.9. The molecule has 3 aromatic rings. The third kappa shape index (κ3) is 3.83. The lowest BCUT2D eigenvalue weighted by Crippen LogP contribution is -2.19. The summed E-state index contributed by atoms with van der Waals surface area (Å²) in [4.78, 5) is 20.3. The number of carbonyl (C=O) groups is 1. The van der Waals surface area contributed by atoms with Gasteiger partial charge in [-0.25, -0.2) is 9.97 Å². The summed E-state index contributed by atoms with van der Waals surface area (Å²) in [6, 6.07) is 11.2. The quantitative estimate of drug-likeness (QED) is 0.693. The summed E-state index contributed by atoms with van der Waals surface area (Å²) in [5.74, 6) is -0.809. The summed E-state index contributed by atoms with van der Waals surface area (Å²) in [7, 11) is 0. The molecule has 132 valence electrons. The molecule has 3 rings (SSSR count). The van der Waals surface area contributed by atoms with Gasteiger partial charge in [-0.2, -0.15) is 13.2 Å². The molecule has 0 atom stereocenters. The van der Waals surface area contributed by atoms with E-state index in [0.717, 1.165) is 12.1 Å². The lowest BCUT2D eigenvalue weighted by Gasteiger charge is -2.14. The number of alkyl halides is 3. The normalized spacial score (nSPS) is 11.2. The number of hydrogen-bond acceptors (Lipinski definition) is 3. The zero-order valence-corrected chi connectivity index (χ0v) is 13.8. The van der Waals surface area contributed by atoms with Crippen molar-refractivity contribution in [2.75, 3.05) is 5.32 Å². The maximum Gasteiger partial charge on any atom is 0.417 e. The van der Waals surface area contributed by atoms with Crippen molar-refractivity contribution in [1.29, 1.82) is 0 Å². The van der Waals surface area contributed by atoms with Gasteiger partial charge in [0.15, 0.2) is 0 Å². The van der Waals surface area contributed by atoms with E-state index in [1.165, 1.54) is 24.7 Å². The summed E-state index contributed by atoms with van der Waals surface area (Å²) in [5.41, 5.74) is -0.378. The van der Waals surface area contributed by atoms with Gasteiger partial charge < -0.3 is 5.32 Å². The molecule has 1 N–H and O–H groups in total. The number of anilines is 1. The van der Waals surface area contributed by atoms with Crippen LogP contribution in [0.1, 0.15) is 15.9 Å². The smallest absolute Gasteiger partial charge is 0.306 e. The number of hydrogen-bond donors (Lipinski definition) is 1. The van der Waals surface area contributed by atoms with Gasteiger partial charge >= 0.3 is 6.18 Å². The summed E-state index contributed by atoms with van der Waals surface area (Å²) in [6.07, 6.45) is -1.98. The van der Waals surface area contributed by atoms with Crippen molar-refractivity contribution in [3.63, 3.8) is 0 Å². The van der Waals surface area contributed by atoms with E-state index in [1.807, 2.05) is 0 Å². The number of nitrogens with zero attached hydrogens (tertiary/aromatic N) is 2. The molecule has 0 aliphatic carbocycles. The van der Waals surface area contributed by atoms with Gasteiger partial charge in [0.05, 0.1) is 11.1 Å². The van der Waals surface area contributed by atoms with Crippen LogP contribution in [0.25, 0.3) is 11.1 Å². The Balaban J connectivity index is 1.96. The Kier molecular flexibility index (Phi) is 4.90. The summed E-state index contributed by atoms with van der Waals surface area (Å²) in [6.45, 7) is 0. The Labute approximate surface area is 151 Å². The topological polar surface area (TPSA) is 54.9 Å². The molecular weight excluding hydrogens is 367 g/mol. The highest BCUT2D eigenvalue weighted by Crippen LogP contribution is 2.33. The molecule has 0 saturated carbocycles. The highest BCUT2D eigenvalue weighted by molar-refractivity contribution is 6.30. The van der Waals surface area contributed by atoms with Crippen molar-refractivity contribution in [3.8, 4) is 11.1 Å². The largest absolute Gasteiger partial charge is 0.417 e. The number of nitrogens with one attached hydrogen (secondary N) is 1. The van der Waals surface area contributed by atoms with E-state index < -0.39 is 23.2 Å². The van der Waals surface area contributed by atoms with E-state index in [1.54, 1.807) is 24.3 Å². The minimum Gasteiger partial charge on any atom is -0.306 e. The van der Waals surface area contributed by atoms with E-state index >= 15 is 0 Å². The van der Waals surface area contributed by atoms with Gasteiger partial charge in [-0.1, -0.05) is 35.9 Å². The van der Waals surface area contributed by atoms with Gasteiger partial charge in [0, 0.05) is 16.8 Å². The Bertz CT molecular complexity index is 943. The van der Waals surface area contributed by atoms with Crippen molar-refractivity contribution in [2.24, 2.45) is 0 Å². The van der Waals surface area contributed by atoms with Gasteiger partial charge in [0.1, 0.15) is 12.1 Å². The molecule has 0 aliphatic heterocycles. The Morgan fingerprint density at radius 3 is 2.42 bits per heavy atom. The predicted octanol–water partition coefficient (Wildman–Crippen LogP) is 5.07. The molecule has 4 nitrogen and oxygen atoms in total. The fourth-order valence-electron chi connectivity index (χ4n) is 2.37. The van der Waals surface area contributed by atoms with Gasteiger partial charge in [-0.15, -0.1) is 0 Å². The molecule has 1 heterocycles. The number of amides is 1. The molecule has 0 radical (unpaired) electrons. The first-order chi connectivity index (χ1) is 12.4. The van der Waals surface area contributed by atoms with E-state index in [0.29, 0.717) is 16.1 Å². The van der Waals surface area contributed by atoms with E-state index in [-0.39, 0.29) is 5.82 Å². The van der Waals surface area contributed by atoms with Crippen molar-refractivity contribution in [1.82, 2.24) is 9.97 Å². The van der Waals surface area contributed by atoms with Gasteiger partial charge in [-0.3, -0.25) is 4.79 Å². The zero-order chi connectivity index (χ0) is 18.7. The van der Waals surface area contributed by atoms with Crippen LogP contribution in [0, 0.1) is 0 Å². The molecule has 0 aliphatic rings. The highest BCUT2D eigenvalue weighted by atomic mass is 35.5. The molecular formula is C18H11ClF3N3O. The minimum atomic E-state index is -4.64. The van der Waals surface area contributed by atoms with Gasteiger partial charge in [0.25, 0.3) is 5.91 Å². The fraction of sp³-hybridized carbons (Fsp3) is 0.0556. The lowest BCUT2D eigenvalue weighted by molar-refractivity contribution is -0.137. The highest BCUT2D eigenvalue weighted by Gasteiger charge is 2.35. The molecule has 1 amide bonds. The van der Waals surface area contributed by atoms with E-state index in [4.69, 9.17) is 11.6 Å². The van der Waals surface area contributed by atoms with Crippen molar-refractivity contribution in [3.05, 3.63) is 77.2 Å². The zero-order valence-electron chi connectivity index (χ0n) is 13.1. The number of carbonyl (C=O) groups excluding carboxylic acids is 1. The molecule has 0 saturated heterocycles. The standard InChI is InChI=1S/C18H11ClF3N3O/c19-12-7-5-11(6-8-12)14-9-23-10-24-16(14)25-17(26)13-3-1-2-4-15(13)18(20,21)22/h1-10H,(H,23,24,25,26). The number of halogens is 4. The minimum absolute atomic E-state index is 0.101. The maximum absolute atomic E-state index is 13.1. The molecule has 0 spiro atoms. The molecule has 8 heteroatoms. The van der Waals surface area contributed by atoms with Gasteiger partial charge in [-0.05, 0) is 29.8 Å². The van der Waals surface area contributed by atoms with Crippen LogP contribution in [0.4, 0.5) is 19.0 Å². The van der Waals surface area contributed by atoms with Crippen LogP contribution in [0.15, 0.2) is 61.1 Å². The van der Waals surface area contributed by atoms with Crippen LogP contribution in [0.2, 0.25) is 5.02 Å². The van der Waals surface area contributed by atoms with Crippen LogP contribution >= 0.6 is 11.6 Å². The second-order valence-corrected chi connectivity index (χ2v) is 5.73. The Morgan fingerprint density at radius 2 is 1.73 bits per heavy atom. The molecule has 0 fully saturated rings. The molecule has 0 unspecified atom stereocenters. The van der Waals surface area contributed by atoms with Crippen molar-refractivity contribution < 1.29 is 18.0 Å². The second kappa shape index (κ2) is 7.13. The van der Waals surface area contributed by atoms with Gasteiger partial charge in [0.2, 0.25) is 0 Å². The lowest BCUT2D eigenvalue weighted by atomic mass is 10.1. The van der Waals surface area contributed by atoms with Crippen LogP contribution in [0.5, 0.6) is 0 Å². The summed E-state index contributed by atoms with van der Waals surface area (Å²) in [5, 5.41) is 2.95. The SMILES string of the molecule is O=C(Nc1ncncc1-c1ccc(Cl)cc1)c1ccccc1C(F)(F)F. The van der Waals surface area contributed by atoms with Crippen LogP contribution in [-0.2, 0) is 6.18 Å². The van der Waals surface area contributed by atoms with Crippen LogP contribution < -0.4 is 5.32 Å². The number of rotatable bonds is 3. The third-order valence-corrected chi connectivity index (χ3v) is 3.83. The van der Waals surface area contributed by atoms with E-state index in [9.17, 15) is 18.0 Å². The first-order valence-corrected chi connectivity index (χ1v) is 7.77. The average molecular weight is 378 g/mol. The average Bonchev–Trinajstić information content (AvgIpc) is 2.62. The van der Waals surface area contributed by atoms with Crippen LogP contribution in [0.3, 0.4) is 0 Å². The Hall–Kier alpha value is -2.93. The maximum atomic E-state index is 13.1. The number of benzene rings is 2. The van der Waals surface area contributed by atoms with Crippen LogP contribution in [-0.4, -0.2) is 15.9 Å². The molecule has 1 aromatic heterocycles. The summed E-state index contributed by atoms with van der Waals surface area (Å²) >= 11 is 5.86. The third-order valence-electron chi connectivity index (χ3n) is 3.58. The van der Waals surface area contributed by atoms with Crippen molar-refractivity contribution >= 4 is 23.3 Å². The second-order valence-electron chi connectivity index (χ2n) is 5.29. The first-order valence-electron chi connectivity index (χ1n) is 7.40. The van der Waals surface area contributed by atoms with Crippen molar-refractivity contribution in [2.45, 2.75) is 6.18 Å². The molecule has 2 aromatic carbocycles. The van der Waals surface area contributed by atoms with E-state index in [2.05, 4.69) is 15.3 Å². The number of aromatic nitrogens is 2. The molecule has 26 heavy (non-hydrogen) atoms.